The van der Waals surface area contributed by atoms with Crippen LogP contribution >= 0.6 is 0 Å². The Morgan fingerprint density at radius 3 is 2.76 bits per heavy atom. The van der Waals surface area contributed by atoms with Gasteiger partial charge in [0.15, 0.2) is 11.5 Å². The van der Waals surface area contributed by atoms with Crippen molar-refractivity contribution in [1.29, 1.82) is 0 Å². The maximum absolute atomic E-state index is 11.7. The smallest absolute Gasteiger partial charge is 0.251 e. The molecule has 0 aromatic heterocycles. The number of anilines is 1. The van der Waals surface area contributed by atoms with E-state index in [1.807, 2.05) is 18.2 Å². The lowest BCUT2D eigenvalue weighted by Gasteiger charge is -2.31. The molecular weight excluding hydrogens is 270 g/mol. The minimum Gasteiger partial charge on any atom is -0.448 e. The monoisotopic (exact) mass is 291 g/mol. The van der Waals surface area contributed by atoms with Crippen LogP contribution in [0.3, 0.4) is 0 Å². The van der Waals surface area contributed by atoms with E-state index >= 15 is 0 Å². The maximum Gasteiger partial charge on any atom is 0.251 e. The molecule has 21 heavy (non-hydrogen) atoms. The van der Waals surface area contributed by atoms with Crippen molar-refractivity contribution in [2.24, 2.45) is 0 Å². The molecule has 2 aliphatic rings. The van der Waals surface area contributed by atoms with Crippen LogP contribution in [-0.4, -0.2) is 25.4 Å². The summed E-state index contributed by atoms with van der Waals surface area (Å²) >= 11 is 0. The molecule has 0 unspecified atom stereocenters. The van der Waals surface area contributed by atoms with E-state index in [9.17, 15) is 4.79 Å². The first-order chi connectivity index (χ1) is 10.2. The second-order valence-electron chi connectivity index (χ2n) is 5.63. The number of carbonyl (C=O) groups is 1. The molecule has 5 nitrogen and oxygen atoms in total. The third-order valence-electron chi connectivity index (χ3n) is 3.97. The van der Waals surface area contributed by atoms with Crippen molar-refractivity contribution in [2.75, 3.05) is 19.0 Å². The molecule has 1 fully saturated rings. The first-order valence-corrected chi connectivity index (χ1v) is 7.52. The zero-order valence-corrected chi connectivity index (χ0v) is 12.3. The van der Waals surface area contributed by atoms with Crippen molar-refractivity contribution < 1.29 is 19.0 Å². The summed E-state index contributed by atoms with van der Waals surface area (Å²) in [5, 5.41) is 2.84. The molecule has 1 spiro atoms. The summed E-state index contributed by atoms with van der Waals surface area (Å²) in [5.74, 6) is 0.954. The molecule has 0 saturated heterocycles. The summed E-state index contributed by atoms with van der Waals surface area (Å²) in [4.78, 5) is 11.7. The largest absolute Gasteiger partial charge is 0.448 e. The highest BCUT2D eigenvalue weighted by Crippen LogP contribution is 2.46. The molecule has 1 aliphatic heterocycles. The number of carbonyl (C=O) groups excluding carboxylic acids is 1. The van der Waals surface area contributed by atoms with Crippen molar-refractivity contribution >= 4 is 11.6 Å². The SMILES string of the molecule is COCCC(=O)Nc1ccc2c(c1)OC1(CCCCC1)O2. The molecule has 1 N–H and O–H groups in total. The van der Waals surface area contributed by atoms with E-state index in [4.69, 9.17) is 14.2 Å². The number of amides is 1. The van der Waals surface area contributed by atoms with Gasteiger partial charge in [-0.2, -0.15) is 0 Å². The van der Waals surface area contributed by atoms with E-state index in [2.05, 4.69) is 5.32 Å². The Bertz CT molecular complexity index is 523. The summed E-state index contributed by atoms with van der Waals surface area (Å²) in [6.07, 6.45) is 5.71. The average Bonchev–Trinajstić information content (AvgIpc) is 2.82. The molecule has 0 bridgehead atoms. The highest BCUT2D eigenvalue weighted by Gasteiger charge is 2.42. The average molecular weight is 291 g/mol. The first-order valence-electron chi connectivity index (χ1n) is 7.52. The molecule has 0 radical (unpaired) electrons. The highest BCUT2D eigenvalue weighted by molar-refractivity contribution is 5.91. The second-order valence-corrected chi connectivity index (χ2v) is 5.63. The van der Waals surface area contributed by atoms with Gasteiger partial charge >= 0.3 is 0 Å². The number of nitrogens with one attached hydrogen (secondary N) is 1. The van der Waals surface area contributed by atoms with Gasteiger partial charge in [-0.15, -0.1) is 0 Å². The van der Waals surface area contributed by atoms with Crippen molar-refractivity contribution in [3.8, 4) is 11.5 Å². The normalized spacial score (nSPS) is 18.7. The lowest BCUT2D eigenvalue weighted by atomic mass is 9.94. The van der Waals surface area contributed by atoms with Crippen molar-refractivity contribution in [3.63, 3.8) is 0 Å². The summed E-state index contributed by atoms with van der Waals surface area (Å²) in [6.45, 7) is 0.416. The molecule has 1 heterocycles. The summed E-state index contributed by atoms with van der Waals surface area (Å²) in [7, 11) is 1.58. The van der Waals surface area contributed by atoms with Gasteiger partial charge in [-0.05, 0) is 25.0 Å². The summed E-state index contributed by atoms with van der Waals surface area (Å²) in [6, 6.07) is 5.54. The van der Waals surface area contributed by atoms with Gasteiger partial charge < -0.3 is 19.5 Å². The minimum atomic E-state index is -0.473. The number of methoxy groups -OCH3 is 1. The first kappa shape index (κ1) is 14.2. The van der Waals surface area contributed by atoms with Crippen molar-refractivity contribution in [3.05, 3.63) is 18.2 Å². The van der Waals surface area contributed by atoms with Crippen LogP contribution < -0.4 is 14.8 Å². The van der Waals surface area contributed by atoms with E-state index in [-0.39, 0.29) is 5.91 Å². The van der Waals surface area contributed by atoms with Gasteiger partial charge in [-0.25, -0.2) is 0 Å². The Labute approximate surface area is 124 Å². The van der Waals surface area contributed by atoms with Crippen LogP contribution in [0.1, 0.15) is 38.5 Å². The predicted octanol–water partition coefficient (Wildman–Crippen LogP) is 3.09. The zero-order chi connectivity index (χ0) is 14.7. The highest BCUT2D eigenvalue weighted by atomic mass is 16.7. The van der Waals surface area contributed by atoms with Crippen LogP contribution in [0.2, 0.25) is 0 Å². The Hall–Kier alpha value is -1.75. The molecular formula is C16H21NO4. The second kappa shape index (κ2) is 5.93. The fraction of sp³-hybridized carbons (Fsp3) is 0.562. The zero-order valence-electron chi connectivity index (χ0n) is 12.3. The number of hydrogen-bond donors (Lipinski definition) is 1. The molecule has 3 rings (SSSR count). The molecule has 1 aliphatic carbocycles. The number of hydrogen-bond acceptors (Lipinski definition) is 4. The molecule has 114 valence electrons. The van der Waals surface area contributed by atoms with Crippen LogP contribution in [0.15, 0.2) is 18.2 Å². The van der Waals surface area contributed by atoms with E-state index in [0.717, 1.165) is 42.9 Å². The van der Waals surface area contributed by atoms with E-state index < -0.39 is 5.79 Å². The predicted molar refractivity (Wildman–Crippen MR) is 78.6 cm³/mol. The van der Waals surface area contributed by atoms with Crippen LogP contribution in [0.25, 0.3) is 0 Å². The van der Waals surface area contributed by atoms with Gasteiger partial charge in [0, 0.05) is 31.7 Å². The van der Waals surface area contributed by atoms with Gasteiger partial charge in [0.05, 0.1) is 13.0 Å². The Morgan fingerprint density at radius 2 is 2.00 bits per heavy atom. The maximum atomic E-state index is 11.7. The van der Waals surface area contributed by atoms with Gasteiger partial charge in [0.2, 0.25) is 5.91 Å². The molecule has 1 amide bonds. The molecule has 1 saturated carbocycles. The van der Waals surface area contributed by atoms with E-state index in [1.54, 1.807) is 7.11 Å². The quantitative estimate of drug-likeness (QED) is 0.926. The number of rotatable bonds is 4. The topological polar surface area (TPSA) is 56.8 Å². The Kier molecular flexibility index (Phi) is 4.01. The minimum absolute atomic E-state index is 0.0666. The molecule has 5 heteroatoms. The number of fused-ring (bicyclic) bond motifs is 1. The van der Waals surface area contributed by atoms with Crippen molar-refractivity contribution in [1.82, 2.24) is 0 Å². The number of benzene rings is 1. The van der Waals surface area contributed by atoms with E-state index in [1.165, 1.54) is 6.42 Å². The van der Waals surface area contributed by atoms with Gasteiger partial charge in [-0.1, -0.05) is 6.42 Å². The fourth-order valence-electron chi connectivity index (χ4n) is 2.88. The van der Waals surface area contributed by atoms with E-state index in [0.29, 0.717) is 13.0 Å². The van der Waals surface area contributed by atoms with Gasteiger partial charge in [-0.3, -0.25) is 4.79 Å². The summed E-state index contributed by atoms with van der Waals surface area (Å²) < 4.78 is 16.9. The van der Waals surface area contributed by atoms with Crippen LogP contribution in [-0.2, 0) is 9.53 Å². The van der Waals surface area contributed by atoms with Gasteiger partial charge in [0.1, 0.15) is 0 Å². The Balaban J connectivity index is 1.67. The lowest BCUT2D eigenvalue weighted by Crippen LogP contribution is -2.40. The third kappa shape index (κ3) is 3.13. The standard InChI is InChI=1S/C16H21NO4/c1-19-10-7-15(18)17-12-5-6-13-14(11-12)21-16(20-13)8-3-2-4-9-16/h5-6,11H,2-4,7-10H2,1H3,(H,17,18). The third-order valence-corrected chi connectivity index (χ3v) is 3.97. The number of ether oxygens (including phenoxy) is 3. The van der Waals surface area contributed by atoms with Gasteiger partial charge in [0.25, 0.3) is 5.79 Å². The Morgan fingerprint density at radius 1 is 1.24 bits per heavy atom. The molecule has 1 aromatic carbocycles. The van der Waals surface area contributed by atoms with Crippen LogP contribution in [0.4, 0.5) is 5.69 Å². The van der Waals surface area contributed by atoms with Crippen LogP contribution in [0.5, 0.6) is 11.5 Å². The fourth-order valence-corrected chi connectivity index (χ4v) is 2.88. The molecule has 0 atom stereocenters. The van der Waals surface area contributed by atoms with Crippen LogP contribution in [0, 0.1) is 0 Å². The summed E-state index contributed by atoms with van der Waals surface area (Å²) in [5.41, 5.74) is 0.728. The lowest BCUT2D eigenvalue weighted by molar-refractivity contribution is -0.117. The molecule has 1 aromatic rings. The van der Waals surface area contributed by atoms with Crippen molar-refractivity contribution in [2.45, 2.75) is 44.3 Å².